The number of thioether (sulfide) groups is 1. The molecule has 1 saturated carbocycles. The second kappa shape index (κ2) is 12.0. The molecule has 1 aliphatic carbocycles. The van der Waals surface area contributed by atoms with Gasteiger partial charge in [0.25, 0.3) is 0 Å². The Hall–Kier alpha value is -1.69. The number of carbonyl (C=O) groups is 2. The van der Waals surface area contributed by atoms with Gasteiger partial charge >= 0.3 is 0 Å². The van der Waals surface area contributed by atoms with Gasteiger partial charge in [-0.15, -0.1) is 11.8 Å². The maximum absolute atomic E-state index is 13.4. The van der Waals surface area contributed by atoms with Crippen molar-refractivity contribution in [1.82, 2.24) is 10.2 Å². The highest BCUT2D eigenvalue weighted by Crippen LogP contribution is 2.26. The zero-order chi connectivity index (χ0) is 23.1. The Morgan fingerprint density at radius 1 is 1.12 bits per heavy atom. The van der Waals surface area contributed by atoms with Crippen molar-refractivity contribution < 1.29 is 9.59 Å². The molecule has 0 radical (unpaired) electrons. The number of aryl methyl sites for hydroxylation is 1. The quantitative estimate of drug-likeness (QED) is 0.420. The van der Waals surface area contributed by atoms with E-state index in [-0.39, 0.29) is 30.2 Å². The molecule has 1 aliphatic rings. The van der Waals surface area contributed by atoms with E-state index in [9.17, 15) is 9.59 Å². The Morgan fingerprint density at radius 2 is 1.81 bits per heavy atom. The predicted molar refractivity (Wildman–Crippen MR) is 133 cm³/mol. The Kier molecular flexibility index (Phi) is 9.33. The third-order valence-corrected chi connectivity index (χ3v) is 7.41. The number of hydrogen-bond acceptors (Lipinski definition) is 3. The average Bonchev–Trinajstić information content (AvgIpc) is 3.27. The highest BCUT2D eigenvalue weighted by molar-refractivity contribution is 8.00. The van der Waals surface area contributed by atoms with E-state index in [4.69, 9.17) is 23.2 Å². The predicted octanol–water partition coefficient (Wildman–Crippen LogP) is 6.26. The lowest BCUT2D eigenvalue weighted by Crippen LogP contribution is -2.51. The number of halogens is 2. The van der Waals surface area contributed by atoms with Crippen molar-refractivity contribution in [2.45, 2.75) is 69.5 Å². The first-order valence-electron chi connectivity index (χ1n) is 11.1. The van der Waals surface area contributed by atoms with Crippen molar-refractivity contribution in [2.75, 3.05) is 5.75 Å². The van der Waals surface area contributed by atoms with E-state index in [1.54, 1.807) is 17.0 Å². The number of nitrogens with one attached hydrogen (secondary N) is 1. The molecule has 7 heteroatoms. The van der Waals surface area contributed by atoms with Crippen LogP contribution in [0.25, 0.3) is 0 Å². The molecule has 3 rings (SSSR count). The van der Waals surface area contributed by atoms with Crippen molar-refractivity contribution in [1.29, 1.82) is 0 Å². The van der Waals surface area contributed by atoms with E-state index in [1.165, 1.54) is 17.3 Å². The fourth-order valence-corrected chi connectivity index (χ4v) is 5.24. The number of amides is 2. The number of carbonyl (C=O) groups excluding carboxylic acids is 2. The fraction of sp³-hybridized carbons (Fsp3) is 0.440. The molecule has 32 heavy (non-hydrogen) atoms. The number of rotatable bonds is 9. The van der Waals surface area contributed by atoms with Gasteiger partial charge in [0.1, 0.15) is 6.04 Å². The van der Waals surface area contributed by atoms with E-state index >= 15 is 0 Å². The summed E-state index contributed by atoms with van der Waals surface area (Å²) in [5, 5.41) is 4.19. The Bertz CT molecular complexity index is 930. The maximum Gasteiger partial charge on any atom is 0.243 e. The maximum atomic E-state index is 13.4. The Labute approximate surface area is 205 Å². The van der Waals surface area contributed by atoms with Crippen LogP contribution in [0.15, 0.2) is 47.4 Å². The molecule has 0 aromatic heterocycles. The van der Waals surface area contributed by atoms with Crippen molar-refractivity contribution in [3.63, 3.8) is 0 Å². The Morgan fingerprint density at radius 3 is 2.44 bits per heavy atom. The van der Waals surface area contributed by atoms with E-state index in [0.717, 1.165) is 36.1 Å². The Balaban J connectivity index is 1.78. The van der Waals surface area contributed by atoms with E-state index in [1.807, 2.05) is 44.2 Å². The second-order valence-electron chi connectivity index (χ2n) is 8.27. The van der Waals surface area contributed by atoms with Gasteiger partial charge in [-0.05, 0) is 56.0 Å². The minimum atomic E-state index is -0.548. The highest BCUT2D eigenvalue weighted by Gasteiger charge is 2.31. The molecule has 0 spiro atoms. The van der Waals surface area contributed by atoms with Gasteiger partial charge in [0.15, 0.2) is 0 Å². The summed E-state index contributed by atoms with van der Waals surface area (Å²) < 4.78 is 0. The summed E-state index contributed by atoms with van der Waals surface area (Å²) in [5.74, 6) is 0.0785. The van der Waals surface area contributed by atoms with Crippen LogP contribution in [0, 0.1) is 6.92 Å². The van der Waals surface area contributed by atoms with Crippen LogP contribution in [-0.2, 0) is 16.1 Å². The first kappa shape index (κ1) is 24.9. The van der Waals surface area contributed by atoms with E-state index in [2.05, 4.69) is 5.32 Å². The van der Waals surface area contributed by atoms with Crippen LogP contribution in [0.5, 0.6) is 0 Å². The third-order valence-electron chi connectivity index (χ3n) is 5.83. The minimum absolute atomic E-state index is 0.0850. The molecule has 1 N–H and O–H groups in total. The lowest BCUT2D eigenvalue weighted by atomic mass is 10.1. The monoisotopic (exact) mass is 492 g/mol. The van der Waals surface area contributed by atoms with Crippen LogP contribution in [0.2, 0.25) is 10.0 Å². The molecule has 0 aliphatic heterocycles. The number of nitrogens with zero attached hydrogens (tertiary/aromatic N) is 1. The summed E-state index contributed by atoms with van der Waals surface area (Å²) in [6.45, 7) is 4.24. The van der Waals surface area contributed by atoms with E-state index in [0.29, 0.717) is 16.5 Å². The summed E-state index contributed by atoms with van der Waals surface area (Å²) in [6.07, 6.45) is 4.81. The molecule has 0 bridgehead atoms. The smallest absolute Gasteiger partial charge is 0.243 e. The second-order valence-corrected chi connectivity index (χ2v) is 10.2. The summed E-state index contributed by atoms with van der Waals surface area (Å²) in [4.78, 5) is 29.2. The normalized spacial score (nSPS) is 14.9. The molecule has 2 aromatic carbocycles. The van der Waals surface area contributed by atoms with Gasteiger partial charge in [0.05, 0.1) is 5.75 Å². The van der Waals surface area contributed by atoms with Gasteiger partial charge < -0.3 is 10.2 Å². The van der Waals surface area contributed by atoms with Crippen molar-refractivity contribution in [2.24, 2.45) is 0 Å². The molecule has 2 aromatic rings. The molecule has 2 amide bonds. The van der Waals surface area contributed by atoms with Crippen LogP contribution in [0.3, 0.4) is 0 Å². The highest BCUT2D eigenvalue weighted by atomic mass is 35.5. The standard InChI is InChI=1S/C25H30Cl2N2O2S/c1-3-23(25(31)28-20-6-4-5-7-20)29(15-18-10-11-19(26)14-22(18)27)24(30)16-32-21-12-8-17(2)9-13-21/h8-14,20,23H,3-7,15-16H2,1-2H3,(H,28,31). The molecular formula is C25H30Cl2N2O2S. The minimum Gasteiger partial charge on any atom is -0.352 e. The van der Waals surface area contributed by atoms with Gasteiger partial charge in [-0.25, -0.2) is 0 Å². The van der Waals surface area contributed by atoms with Crippen molar-refractivity contribution in [3.05, 3.63) is 63.6 Å². The summed E-state index contributed by atoms with van der Waals surface area (Å²) in [7, 11) is 0. The van der Waals surface area contributed by atoms with Crippen LogP contribution in [-0.4, -0.2) is 34.6 Å². The molecule has 1 fully saturated rings. The van der Waals surface area contributed by atoms with Gasteiger partial charge in [-0.1, -0.05) is 66.7 Å². The van der Waals surface area contributed by atoms with Crippen LogP contribution < -0.4 is 5.32 Å². The van der Waals surface area contributed by atoms with Crippen molar-refractivity contribution >= 4 is 46.8 Å². The lowest BCUT2D eigenvalue weighted by Gasteiger charge is -2.31. The fourth-order valence-electron chi connectivity index (χ4n) is 3.98. The topological polar surface area (TPSA) is 49.4 Å². The molecule has 4 nitrogen and oxygen atoms in total. The molecule has 0 saturated heterocycles. The molecule has 0 heterocycles. The summed E-state index contributed by atoms with van der Waals surface area (Å²) in [5.41, 5.74) is 1.95. The summed E-state index contributed by atoms with van der Waals surface area (Å²) >= 11 is 13.9. The molecule has 172 valence electrons. The van der Waals surface area contributed by atoms with Gasteiger partial charge in [-0.3, -0.25) is 9.59 Å². The van der Waals surface area contributed by atoms with Gasteiger partial charge in [0.2, 0.25) is 11.8 Å². The third kappa shape index (κ3) is 6.90. The van der Waals surface area contributed by atoms with E-state index < -0.39 is 6.04 Å². The largest absolute Gasteiger partial charge is 0.352 e. The zero-order valence-corrected chi connectivity index (χ0v) is 20.9. The first-order valence-corrected chi connectivity index (χ1v) is 12.8. The summed E-state index contributed by atoms with van der Waals surface area (Å²) in [6, 6.07) is 13.0. The van der Waals surface area contributed by atoms with Crippen LogP contribution in [0.4, 0.5) is 0 Å². The van der Waals surface area contributed by atoms with Crippen molar-refractivity contribution in [3.8, 4) is 0 Å². The molecular weight excluding hydrogens is 463 g/mol. The van der Waals surface area contributed by atoms with Crippen LogP contribution in [0.1, 0.15) is 50.2 Å². The molecule has 1 atom stereocenters. The SMILES string of the molecule is CCC(C(=O)NC1CCCC1)N(Cc1ccc(Cl)cc1Cl)C(=O)CSc1ccc(C)cc1. The zero-order valence-electron chi connectivity index (χ0n) is 18.6. The van der Waals surface area contributed by atoms with Gasteiger partial charge in [-0.2, -0.15) is 0 Å². The number of hydrogen-bond donors (Lipinski definition) is 1. The lowest BCUT2D eigenvalue weighted by molar-refractivity contribution is -0.139. The average molecular weight is 494 g/mol. The number of benzene rings is 2. The van der Waals surface area contributed by atoms with Gasteiger partial charge in [0, 0.05) is 27.5 Å². The first-order chi connectivity index (χ1) is 15.4. The van der Waals surface area contributed by atoms with Crippen LogP contribution >= 0.6 is 35.0 Å². The molecule has 1 unspecified atom stereocenters.